The number of anilines is 1. The van der Waals surface area contributed by atoms with E-state index in [-0.39, 0.29) is 11.1 Å². The number of benzene rings is 2. The molecule has 0 aliphatic rings. The van der Waals surface area contributed by atoms with E-state index in [1.54, 1.807) is 24.3 Å². The van der Waals surface area contributed by atoms with Gasteiger partial charge in [0.15, 0.2) is 0 Å². The van der Waals surface area contributed by atoms with Gasteiger partial charge in [0.25, 0.3) is 5.91 Å². The number of carbonyl (C=O) groups is 2. The van der Waals surface area contributed by atoms with Crippen molar-refractivity contribution >= 4 is 17.6 Å². The fourth-order valence-electron chi connectivity index (χ4n) is 2.71. The number of nitrogens with zero attached hydrogens (tertiary/aromatic N) is 1. The molecule has 156 valence electrons. The van der Waals surface area contributed by atoms with Crippen molar-refractivity contribution < 1.29 is 14.3 Å². The zero-order valence-corrected chi connectivity index (χ0v) is 17.2. The van der Waals surface area contributed by atoms with E-state index in [2.05, 4.69) is 22.8 Å². The highest BCUT2D eigenvalue weighted by atomic mass is 16.5. The van der Waals surface area contributed by atoms with Gasteiger partial charge in [-0.15, -0.1) is 0 Å². The minimum absolute atomic E-state index is 0.0659. The summed E-state index contributed by atoms with van der Waals surface area (Å²) in [4.78, 5) is 24.7. The molecular formula is C24H27N3O3. The van der Waals surface area contributed by atoms with Gasteiger partial charge >= 0.3 is 5.97 Å². The molecule has 0 aliphatic carbocycles. The van der Waals surface area contributed by atoms with E-state index in [0.717, 1.165) is 25.7 Å². The Kier molecular flexibility index (Phi) is 9.67. The number of nitriles is 1. The summed E-state index contributed by atoms with van der Waals surface area (Å²) in [6.45, 7) is 2.97. The Morgan fingerprint density at radius 2 is 1.80 bits per heavy atom. The summed E-state index contributed by atoms with van der Waals surface area (Å²) in [5.41, 5.74) is 1.75. The summed E-state index contributed by atoms with van der Waals surface area (Å²) < 4.78 is 5.22. The third-order valence-corrected chi connectivity index (χ3v) is 4.37. The number of esters is 1. The summed E-state index contributed by atoms with van der Waals surface area (Å²) in [5.74, 6) is -1.08. The molecule has 0 fully saturated rings. The molecule has 6 nitrogen and oxygen atoms in total. The zero-order valence-electron chi connectivity index (χ0n) is 17.2. The van der Waals surface area contributed by atoms with Gasteiger partial charge in [-0.05, 0) is 37.0 Å². The molecular weight excluding hydrogens is 378 g/mol. The molecule has 6 heteroatoms. The van der Waals surface area contributed by atoms with E-state index in [4.69, 9.17) is 4.74 Å². The highest BCUT2D eigenvalue weighted by molar-refractivity contribution is 6.09. The lowest BCUT2D eigenvalue weighted by Crippen LogP contribution is -2.19. The van der Waals surface area contributed by atoms with Crippen LogP contribution in [0.25, 0.3) is 0 Å². The summed E-state index contributed by atoms with van der Waals surface area (Å²) in [6, 6.07) is 18.6. The van der Waals surface area contributed by atoms with E-state index in [1.807, 2.05) is 31.2 Å². The third-order valence-electron chi connectivity index (χ3n) is 4.37. The number of carbonyl (C=O) groups excluding carboxylic acids is 2. The molecule has 0 unspecified atom stereocenters. The number of hydrogen-bond donors (Lipinski definition) is 2. The van der Waals surface area contributed by atoms with Gasteiger partial charge in [-0.1, -0.05) is 55.8 Å². The second kappa shape index (κ2) is 12.8. The number of para-hydroxylation sites is 1. The number of aryl methyl sites for hydroxylation is 1. The van der Waals surface area contributed by atoms with Crippen molar-refractivity contribution in [2.75, 3.05) is 18.5 Å². The number of amides is 1. The minimum Gasteiger partial charge on any atom is -0.462 e. The summed E-state index contributed by atoms with van der Waals surface area (Å²) in [7, 11) is 0. The topological polar surface area (TPSA) is 91.2 Å². The first-order chi connectivity index (χ1) is 14.7. The van der Waals surface area contributed by atoms with Crippen molar-refractivity contribution in [3.05, 3.63) is 77.5 Å². The van der Waals surface area contributed by atoms with E-state index in [0.29, 0.717) is 18.8 Å². The monoisotopic (exact) mass is 405 g/mol. The maximum atomic E-state index is 12.5. The molecule has 1 amide bonds. The first-order valence-corrected chi connectivity index (χ1v) is 10.1. The minimum atomic E-state index is -0.582. The third kappa shape index (κ3) is 7.44. The van der Waals surface area contributed by atoms with Gasteiger partial charge in [0.1, 0.15) is 11.6 Å². The van der Waals surface area contributed by atoms with Gasteiger partial charge in [-0.3, -0.25) is 4.79 Å². The molecule has 0 bridgehead atoms. The van der Waals surface area contributed by atoms with Crippen LogP contribution in [0.5, 0.6) is 0 Å². The largest absolute Gasteiger partial charge is 0.462 e. The SMILES string of the molecule is CCCCOC(=O)c1ccccc1NC(=O)/C(C#N)=C\NCCCc1ccccc1. The molecule has 2 aromatic carbocycles. The van der Waals surface area contributed by atoms with Crippen LogP contribution in [0.2, 0.25) is 0 Å². The van der Waals surface area contributed by atoms with Gasteiger partial charge in [-0.25, -0.2) is 4.79 Å². The number of nitrogens with one attached hydrogen (secondary N) is 2. The molecule has 0 saturated carbocycles. The fraction of sp³-hybridized carbons (Fsp3) is 0.292. The normalized spacial score (nSPS) is 10.7. The smallest absolute Gasteiger partial charge is 0.340 e. The number of ether oxygens (including phenoxy) is 1. The van der Waals surface area contributed by atoms with Crippen molar-refractivity contribution in [3.63, 3.8) is 0 Å². The molecule has 0 heterocycles. The van der Waals surface area contributed by atoms with Crippen LogP contribution in [0.1, 0.15) is 42.1 Å². The van der Waals surface area contributed by atoms with E-state index in [9.17, 15) is 14.9 Å². The highest BCUT2D eigenvalue weighted by Gasteiger charge is 2.16. The first-order valence-electron chi connectivity index (χ1n) is 10.1. The number of rotatable bonds is 11. The number of hydrogen-bond acceptors (Lipinski definition) is 5. The maximum absolute atomic E-state index is 12.5. The maximum Gasteiger partial charge on any atom is 0.340 e. The summed E-state index contributed by atoms with van der Waals surface area (Å²) in [6.07, 6.45) is 4.87. The lowest BCUT2D eigenvalue weighted by molar-refractivity contribution is -0.112. The van der Waals surface area contributed by atoms with Crippen molar-refractivity contribution in [3.8, 4) is 6.07 Å². The van der Waals surface area contributed by atoms with Crippen LogP contribution in [0.15, 0.2) is 66.4 Å². The zero-order chi connectivity index (χ0) is 21.6. The predicted octanol–water partition coefficient (Wildman–Crippen LogP) is 4.21. The van der Waals surface area contributed by atoms with E-state index in [1.165, 1.54) is 11.8 Å². The van der Waals surface area contributed by atoms with Crippen LogP contribution in [-0.4, -0.2) is 25.0 Å². The lowest BCUT2D eigenvalue weighted by atomic mass is 10.1. The van der Waals surface area contributed by atoms with Crippen LogP contribution in [-0.2, 0) is 16.0 Å². The van der Waals surface area contributed by atoms with Gasteiger partial charge < -0.3 is 15.4 Å². The Labute approximate surface area is 177 Å². The number of unbranched alkanes of at least 4 members (excludes halogenated alkanes) is 1. The van der Waals surface area contributed by atoms with Crippen LogP contribution in [0.4, 0.5) is 5.69 Å². The Hall–Kier alpha value is -3.59. The predicted molar refractivity (Wildman–Crippen MR) is 117 cm³/mol. The van der Waals surface area contributed by atoms with Crippen molar-refractivity contribution in [2.24, 2.45) is 0 Å². The van der Waals surface area contributed by atoms with E-state index >= 15 is 0 Å². The molecule has 0 radical (unpaired) electrons. The lowest BCUT2D eigenvalue weighted by Gasteiger charge is -2.10. The summed E-state index contributed by atoms with van der Waals surface area (Å²) >= 11 is 0. The first kappa shape index (κ1) is 22.7. The fourth-order valence-corrected chi connectivity index (χ4v) is 2.71. The van der Waals surface area contributed by atoms with Crippen molar-refractivity contribution in [1.82, 2.24) is 5.32 Å². The molecule has 0 saturated heterocycles. The summed E-state index contributed by atoms with van der Waals surface area (Å²) in [5, 5.41) is 15.0. The Morgan fingerprint density at radius 3 is 2.53 bits per heavy atom. The average molecular weight is 405 g/mol. The van der Waals surface area contributed by atoms with Gasteiger partial charge in [0.05, 0.1) is 17.9 Å². The van der Waals surface area contributed by atoms with Crippen molar-refractivity contribution in [1.29, 1.82) is 5.26 Å². The molecule has 2 N–H and O–H groups in total. The average Bonchev–Trinajstić information content (AvgIpc) is 2.77. The molecule has 2 rings (SSSR count). The Balaban J connectivity index is 1.90. The molecule has 30 heavy (non-hydrogen) atoms. The molecule has 0 aliphatic heterocycles. The Morgan fingerprint density at radius 1 is 1.07 bits per heavy atom. The Bertz CT molecular complexity index is 901. The van der Waals surface area contributed by atoms with Crippen LogP contribution < -0.4 is 10.6 Å². The van der Waals surface area contributed by atoms with Crippen LogP contribution >= 0.6 is 0 Å². The standard InChI is InChI=1S/C24H27N3O3/c1-2-3-16-30-24(29)21-13-7-8-14-22(21)27-23(28)20(17-25)18-26-15-9-12-19-10-5-4-6-11-19/h4-8,10-11,13-14,18,26H,2-3,9,12,15-16H2,1H3,(H,27,28)/b20-18-. The van der Waals surface area contributed by atoms with Crippen LogP contribution in [0, 0.1) is 11.3 Å². The van der Waals surface area contributed by atoms with Gasteiger partial charge in [-0.2, -0.15) is 5.26 Å². The molecule has 0 aromatic heterocycles. The van der Waals surface area contributed by atoms with Gasteiger partial charge in [0, 0.05) is 12.7 Å². The van der Waals surface area contributed by atoms with Crippen LogP contribution in [0.3, 0.4) is 0 Å². The second-order valence-corrected chi connectivity index (χ2v) is 6.70. The highest BCUT2D eigenvalue weighted by Crippen LogP contribution is 2.17. The second-order valence-electron chi connectivity index (χ2n) is 6.70. The van der Waals surface area contributed by atoms with Crippen molar-refractivity contribution in [2.45, 2.75) is 32.6 Å². The van der Waals surface area contributed by atoms with Gasteiger partial charge in [0.2, 0.25) is 0 Å². The quantitative estimate of drug-likeness (QED) is 0.253. The molecule has 0 atom stereocenters. The molecule has 0 spiro atoms. The molecule has 2 aromatic rings. The van der Waals surface area contributed by atoms with E-state index < -0.39 is 11.9 Å².